The number of hydrogen-bond acceptors (Lipinski definition) is 14. The second kappa shape index (κ2) is 24.1. The first-order valence-corrected chi connectivity index (χ1v) is 25.3. The number of terminal acetylenes is 1. The lowest BCUT2D eigenvalue weighted by atomic mass is 9.93. The minimum absolute atomic E-state index is 0.0274. The van der Waals surface area contributed by atoms with Crippen molar-refractivity contribution < 1.29 is 52.6 Å². The molecule has 1 fully saturated rings. The van der Waals surface area contributed by atoms with Gasteiger partial charge < -0.3 is 53.4 Å². The second-order valence-corrected chi connectivity index (χ2v) is 19.4. The molecule has 72 heavy (non-hydrogen) atoms. The van der Waals surface area contributed by atoms with Gasteiger partial charge in [-0.1, -0.05) is 43.2 Å². The zero-order valence-electron chi connectivity index (χ0n) is 41.5. The molecule has 2 amide bonds. The van der Waals surface area contributed by atoms with Crippen molar-refractivity contribution in [3.63, 3.8) is 0 Å². The molecule has 4 aliphatic heterocycles. The van der Waals surface area contributed by atoms with Crippen LogP contribution in [0.4, 0.5) is 17.1 Å². The van der Waals surface area contributed by atoms with Crippen molar-refractivity contribution in [3.8, 4) is 35.3 Å². The Morgan fingerprint density at radius 2 is 1.68 bits per heavy atom. The number of carbonyl (C=O) groups excluding carboxylic acids is 2. The van der Waals surface area contributed by atoms with E-state index in [-0.39, 0.29) is 54.0 Å². The number of ether oxygens (including phenoxy) is 7. The number of thioether (sulfide) groups is 1. The standard InChI is InChI=1S/C55H63N5O11S/c1-7-11-47-38(8-2)23-41-29-56-45-27-51(49(66-5)25-43(45)54(63)59(41)47)70-32-36-20-37(22-40(21-36)58(31-35(3)72-34-53(61)62)14-15-68-18-19-69-17-16-65-4)33-71-52-28-46-44(26-50(52)67-6)55(64)60-42(30-57-46)24-39-12-9-10-13-48(39)60/h1,8-13,21-22,25-28,30,35,37,41-42,56H,14-20,23-24,29,31-34H2,2-6H3,(H,61,62)/b38-8-,47-11?/t35-,37-,41-,42-/m0/s1. The predicted octanol–water partition coefficient (Wildman–Crippen LogP) is 7.57. The van der Waals surface area contributed by atoms with E-state index in [4.69, 9.17) is 44.6 Å². The number of nitrogens with one attached hydrogen (secondary N) is 1. The van der Waals surface area contributed by atoms with Crippen molar-refractivity contribution in [2.45, 2.75) is 50.4 Å². The van der Waals surface area contributed by atoms with E-state index in [9.17, 15) is 19.5 Å². The molecule has 0 bridgehead atoms. The van der Waals surface area contributed by atoms with E-state index < -0.39 is 5.97 Å². The minimum Gasteiger partial charge on any atom is -0.493 e. The molecule has 1 saturated heterocycles. The molecule has 2 N–H and O–H groups in total. The Balaban J connectivity index is 1.05. The molecule has 0 spiro atoms. The molecule has 380 valence electrons. The van der Waals surface area contributed by atoms with Crippen molar-refractivity contribution in [2.24, 2.45) is 10.9 Å². The zero-order chi connectivity index (χ0) is 50.7. The monoisotopic (exact) mass is 1000 g/mol. The van der Waals surface area contributed by atoms with E-state index in [1.807, 2.05) is 56.5 Å². The number of aliphatic carboxylic acids is 1. The van der Waals surface area contributed by atoms with Gasteiger partial charge in [0.05, 0.1) is 99.9 Å². The number of allylic oxidation sites excluding steroid dienone is 4. The fourth-order valence-corrected chi connectivity index (χ4v) is 10.4. The summed E-state index contributed by atoms with van der Waals surface area (Å²) in [6, 6.07) is 14.6. The van der Waals surface area contributed by atoms with Gasteiger partial charge in [-0.25, -0.2) is 0 Å². The van der Waals surface area contributed by atoms with Gasteiger partial charge >= 0.3 is 5.97 Å². The lowest BCUT2D eigenvalue weighted by Crippen LogP contribution is -2.37. The van der Waals surface area contributed by atoms with Crippen LogP contribution in [0, 0.1) is 18.3 Å². The van der Waals surface area contributed by atoms with Crippen molar-refractivity contribution in [2.75, 3.05) is 103 Å². The Hall–Kier alpha value is -6.71. The number of carbonyl (C=O) groups is 3. The maximum Gasteiger partial charge on any atom is 0.313 e. The highest BCUT2D eigenvalue weighted by Crippen LogP contribution is 2.43. The van der Waals surface area contributed by atoms with E-state index in [0.29, 0.717) is 117 Å². The Bertz CT molecular complexity index is 2710. The quantitative estimate of drug-likeness (QED) is 0.0705. The Morgan fingerprint density at radius 3 is 2.43 bits per heavy atom. The molecule has 1 aliphatic carbocycles. The molecular formula is C55H63N5O11S. The zero-order valence-corrected chi connectivity index (χ0v) is 42.3. The average Bonchev–Trinajstić information content (AvgIpc) is 3.86. The molecule has 3 aromatic rings. The number of carboxylic acids is 1. The van der Waals surface area contributed by atoms with Gasteiger partial charge in [0.25, 0.3) is 11.8 Å². The fourth-order valence-electron chi connectivity index (χ4n) is 9.71. The summed E-state index contributed by atoms with van der Waals surface area (Å²) < 4.78 is 41.7. The summed E-state index contributed by atoms with van der Waals surface area (Å²) in [4.78, 5) is 50.6. The molecule has 4 heterocycles. The Morgan fingerprint density at radius 1 is 0.944 bits per heavy atom. The van der Waals surface area contributed by atoms with Crippen LogP contribution >= 0.6 is 11.8 Å². The number of anilines is 2. The Kier molecular flexibility index (Phi) is 17.3. The fraction of sp³-hybridized carbons (Fsp3) is 0.418. The van der Waals surface area contributed by atoms with Crippen LogP contribution in [0.5, 0.6) is 23.0 Å². The SMILES string of the molecule is C#CC=C1/C(=C\C)C[C@H]2CNc3cc(OCC4=CC(N(CCOCCOCCOC)C[C@H](C)SCC(=O)O)=C[C@@H](COc5cc6c(cc5OC)C(=O)N5c7ccccc7C[C@H]5C=N6)C4)c(OC)cc3C(=O)N12. The third kappa shape index (κ3) is 11.8. The van der Waals surface area contributed by atoms with E-state index in [2.05, 4.69) is 28.3 Å². The highest BCUT2D eigenvalue weighted by Gasteiger charge is 2.40. The lowest BCUT2D eigenvalue weighted by Gasteiger charge is -2.32. The largest absolute Gasteiger partial charge is 0.493 e. The lowest BCUT2D eigenvalue weighted by molar-refractivity contribution is -0.133. The predicted molar refractivity (Wildman–Crippen MR) is 279 cm³/mol. The first-order valence-electron chi connectivity index (χ1n) is 24.2. The summed E-state index contributed by atoms with van der Waals surface area (Å²) in [5.41, 5.74) is 7.60. The maximum atomic E-state index is 14.2. The number of fused-ring (bicyclic) bond motifs is 6. The minimum atomic E-state index is -0.876. The van der Waals surface area contributed by atoms with Crippen LogP contribution in [0.25, 0.3) is 0 Å². The summed E-state index contributed by atoms with van der Waals surface area (Å²) in [5.74, 6) is 2.92. The number of benzene rings is 3. The van der Waals surface area contributed by atoms with Gasteiger partial charge in [-0.3, -0.25) is 24.3 Å². The van der Waals surface area contributed by atoms with Crippen LogP contribution in [0.15, 0.2) is 100 Å². The van der Waals surface area contributed by atoms with Crippen LogP contribution in [-0.4, -0.2) is 149 Å². The molecule has 0 aromatic heterocycles. The molecule has 8 rings (SSSR count). The van der Waals surface area contributed by atoms with E-state index >= 15 is 0 Å². The molecule has 3 aromatic carbocycles. The molecule has 16 nitrogen and oxygen atoms in total. The number of hydrogen-bond donors (Lipinski definition) is 2. The number of methoxy groups -OCH3 is 3. The number of aliphatic imine (C=N–C) groups is 1. The van der Waals surface area contributed by atoms with E-state index in [0.717, 1.165) is 33.8 Å². The summed E-state index contributed by atoms with van der Waals surface area (Å²) in [6.45, 7) is 8.13. The van der Waals surface area contributed by atoms with E-state index in [1.54, 1.807) is 55.4 Å². The van der Waals surface area contributed by atoms with E-state index in [1.165, 1.54) is 11.8 Å². The molecule has 0 radical (unpaired) electrons. The topological polar surface area (TPSA) is 170 Å². The molecule has 0 unspecified atom stereocenters. The first kappa shape index (κ1) is 51.6. The van der Waals surface area contributed by atoms with Crippen molar-refractivity contribution in [3.05, 3.63) is 112 Å². The van der Waals surface area contributed by atoms with Crippen LogP contribution in [0.2, 0.25) is 0 Å². The van der Waals surface area contributed by atoms with Gasteiger partial charge in [-0.15, -0.1) is 18.2 Å². The normalized spacial score (nSPS) is 20.2. The van der Waals surface area contributed by atoms with Gasteiger partial charge in [-0.2, -0.15) is 0 Å². The number of amides is 2. The number of rotatable bonds is 23. The number of para-hydroxylation sites is 1. The van der Waals surface area contributed by atoms with Crippen molar-refractivity contribution >= 4 is 52.8 Å². The smallest absolute Gasteiger partial charge is 0.313 e. The Labute approximate surface area is 425 Å². The average molecular weight is 1000 g/mol. The van der Waals surface area contributed by atoms with Crippen LogP contribution in [0.3, 0.4) is 0 Å². The van der Waals surface area contributed by atoms with Crippen LogP contribution < -0.4 is 29.2 Å². The van der Waals surface area contributed by atoms with Crippen LogP contribution in [-0.2, 0) is 25.4 Å². The van der Waals surface area contributed by atoms with Crippen LogP contribution in [0.1, 0.15) is 53.0 Å². The highest BCUT2D eigenvalue weighted by atomic mass is 32.2. The van der Waals surface area contributed by atoms with Gasteiger partial charge in [0, 0.05) is 80.1 Å². The summed E-state index contributed by atoms with van der Waals surface area (Å²) >= 11 is 1.37. The first-order chi connectivity index (χ1) is 35.0. The van der Waals surface area contributed by atoms with Gasteiger partial charge in [-0.05, 0) is 60.8 Å². The van der Waals surface area contributed by atoms with Gasteiger partial charge in [0.15, 0.2) is 23.0 Å². The number of nitrogens with zero attached hydrogens (tertiary/aromatic N) is 4. The molecular weight excluding hydrogens is 939 g/mol. The summed E-state index contributed by atoms with van der Waals surface area (Å²) in [6.07, 6.45) is 17.4. The molecule has 4 atom stereocenters. The molecule has 5 aliphatic rings. The summed E-state index contributed by atoms with van der Waals surface area (Å²) in [7, 11) is 4.73. The molecule has 0 saturated carbocycles. The maximum absolute atomic E-state index is 14.2. The van der Waals surface area contributed by atoms with Gasteiger partial charge in [0.1, 0.15) is 6.61 Å². The summed E-state index contributed by atoms with van der Waals surface area (Å²) in [5, 5.41) is 13.0. The van der Waals surface area contributed by atoms with Crippen molar-refractivity contribution in [1.29, 1.82) is 0 Å². The van der Waals surface area contributed by atoms with Crippen molar-refractivity contribution in [1.82, 2.24) is 9.80 Å². The third-order valence-corrected chi connectivity index (χ3v) is 14.3. The molecule has 17 heteroatoms. The third-order valence-electron chi connectivity index (χ3n) is 13.2. The second-order valence-electron chi connectivity index (χ2n) is 18.0. The highest BCUT2D eigenvalue weighted by molar-refractivity contribution is 8.00. The number of carboxylic acid groups (broad SMARTS) is 1. The van der Waals surface area contributed by atoms with Gasteiger partial charge in [0.2, 0.25) is 0 Å².